The summed E-state index contributed by atoms with van der Waals surface area (Å²) in [4.78, 5) is 6.55. The van der Waals surface area contributed by atoms with Crippen LogP contribution in [0.5, 0.6) is 5.75 Å². The average molecular weight is 235 g/mol. The number of ether oxygens (including phenoxy) is 1. The molecule has 0 bridgehead atoms. The van der Waals surface area contributed by atoms with Crippen LogP contribution < -0.4 is 15.4 Å². The van der Waals surface area contributed by atoms with Gasteiger partial charge in [-0.3, -0.25) is 0 Å². The molecule has 1 aromatic heterocycles. The van der Waals surface area contributed by atoms with Crippen molar-refractivity contribution in [3.63, 3.8) is 0 Å². The molecule has 1 saturated heterocycles. The third kappa shape index (κ3) is 3.33. The Labute approximate surface area is 103 Å². The molecular weight excluding hydrogens is 214 g/mol. The molecule has 0 aliphatic carbocycles. The van der Waals surface area contributed by atoms with Gasteiger partial charge in [0, 0.05) is 19.1 Å². The van der Waals surface area contributed by atoms with Crippen LogP contribution in [0.15, 0.2) is 18.3 Å². The predicted octanol–water partition coefficient (Wildman–Crippen LogP) is 1.65. The van der Waals surface area contributed by atoms with E-state index in [1.54, 1.807) is 6.20 Å². The van der Waals surface area contributed by atoms with Crippen LogP contribution in [0, 0.1) is 5.41 Å². The lowest BCUT2D eigenvalue weighted by Crippen LogP contribution is -2.56. The highest BCUT2D eigenvalue weighted by atomic mass is 16.5. The van der Waals surface area contributed by atoms with Crippen LogP contribution in [0.2, 0.25) is 0 Å². The molecule has 1 fully saturated rings. The first-order valence-corrected chi connectivity index (χ1v) is 6.03. The van der Waals surface area contributed by atoms with Gasteiger partial charge in [-0.25, -0.2) is 4.98 Å². The van der Waals surface area contributed by atoms with Crippen molar-refractivity contribution in [3.05, 3.63) is 18.3 Å². The maximum absolute atomic E-state index is 5.74. The zero-order chi connectivity index (χ0) is 12.5. The number of nitrogens with zero attached hydrogens (tertiary/aromatic N) is 2. The Morgan fingerprint density at radius 3 is 2.59 bits per heavy atom. The van der Waals surface area contributed by atoms with Crippen molar-refractivity contribution in [1.82, 2.24) is 4.98 Å². The highest BCUT2D eigenvalue weighted by Crippen LogP contribution is 2.21. The zero-order valence-electron chi connectivity index (χ0n) is 10.8. The molecule has 0 amide bonds. The molecule has 17 heavy (non-hydrogen) atoms. The maximum atomic E-state index is 5.74. The van der Waals surface area contributed by atoms with Gasteiger partial charge in [0.1, 0.15) is 11.6 Å². The highest BCUT2D eigenvalue weighted by Gasteiger charge is 2.23. The Bertz CT molecular complexity index is 363. The number of aromatic nitrogens is 1. The fraction of sp³-hybridized carbons (Fsp3) is 0.615. The minimum absolute atomic E-state index is 0.170. The third-order valence-electron chi connectivity index (χ3n) is 2.63. The van der Waals surface area contributed by atoms with Crippen LogP contribution in [0.3, 0.4) is 0 Å². The van der Waals surface area contributed by atoms with Crippen molar-refractivity contribution < 1.29 is 4.74 Å². The second kappa shape index (κ2) is 4.53. The summed E-state index contributed by atoms with van der Waals surface area (Å²) < 4.78 is 5.67. The van der Waals surface area contributed by atoms with Gasteiger partial charge in [-0.1, -0.05) is 20.8 Å². The molecule has 0 radical (unpaired) electrons. The highest BCUT2D eigenvalue weighted by molar-refractivity contribution is 5.44. The molecule has 94 valence electrons. The van der Waals surface area contributed by atoms with Gasteiger partial charge in [-0.15, -0.1) is 0 Å². The Balaban J connectivity index is 1.89. The molecule has 0 spiro atoms. The summed E-state index contributed by atoms with van der Waals surface area (Å²) in [5, 5.41) is 0. The molecule has 2 heterocycles. The summed E-state index contributed by atoms with van der Waals surface area (Å²) >= 11 is 0. The summed E-state index contributed by atoms with van der Waals surface area (Å²) in [6.45, 7) is 8.94. The van der Waals surface area contributed by atoms with Crippen LogP contribution in [-0.4, -0.2) is 30.7 Å². The number of anilines is 1. The molecule has 0 unspecified atom stereocenters. The lowest BCUT2D eigenvalue weighted by atomic mass is 9.99. The number of pyridine rings is 1. The second-order valence-electron chi connectivity index (χ2n) is 5.87. The van der Waals surface area contributed by atoms with E-state index in [4.69, 9.17) is 10.5 Å². The van der Waals surface area contributed by atoms with Crippen LogP contribution in [0.25, 0.3) is 0 Å². The third-order valence-corrected chi connectivity index (χ3v) is 2.63. The Hall–Kier alpha value is -1.29. The van der Waals surface area contributed by atoms with E-state index in [1.807, 2.05) is 12.1 Å². The number of hydrogen-bond acceptors (Lipinski definition) is 4. The Kier molecular flexibility index (Phi) is 3.24. The summed E-state index contributed by atoms with van der Waals surface area (Å²) in [6, 6.07) is 4.26. The van der Waals surface area contributed by atoms with Crippen LogP contribution in [0.4, 0.5) is 5.82 Å². The summed E-state index contributed by atoms with van der Waals surface area (Å²) in [6.07, 6.45) is 1.78. The molecule has 4 heteroatoms. The van der Waals surface area contributed by atoms with Crippen molar-refractivity contribution in [1.29, 1.82) is 0 Å². The molecule has 0 atom stereocenters. The molecule has 1 aliphatic heterocycles. The van der Waals surface area contributed by atoms with Gasteiger partial charge in [0.2, 0.25) is 0 Å². The van der Waals surface area contributed by atoms with E-state index in [1.165, 1.54) is 0 Å². The van der Waals surface area contributed by atoms with E-state index in [2.05, 4.69) is 30.7 Å². The fourth-order valence-electron chi connectivity index (χ4n) is 1.64. The first-order valence-electron chi connectivity index (χ1n) is 6.03. The first kappa shape index (κ1) is 12.2. The summed E-state index contributed by atoms with van der Waals surface area (Å²) in [7, 11) is 0. The van der Waals surface area contributed by atoms with Gasteiger partial charge < -0.3 is 15.4 Å². The minimum Gasteiger partial charge on any atom is -0.491 e. The Morgan fingerprint density at radius 2 is 2.12 bits per heavy atom. The minimum atomic E-state index is 0.170. The van der Waals surface area contributed by atoms with E-state index in [0.29, 0.717) is 12.6 Å². The van der Waals surface area contributed by atoms with Gasteiger partial charge in [-0.2, -0.15) is 0 Å². The van der Waals surface area contributed by atoms with Gasteiger partial charge in [0.15, 0.2) is 0 Å². The van der Waals surface area contributed by atoms with Crippen molar-refractivity contribution in [2.45, 2.75) is 26.8 Å². The monoisotopic (exact) mass is 235 g/mol. The lowest BCUT2D eigenvalue weighted by molar-refractivity contribution is 0.197. The van der Waals surface area contributed by atoms with E-state index >= 15 is 0 Å². The zero-order valence-corrected chi connectivity index (χ0v) is 10.8. The Morgan fingerprint density at radius 1 is 1.41 bits per heavy atom. The molecule has 4 nitrogen and oxygen atoms in total. The van der Waals surface area contributed by atoms with Gasteiger partial charge in [0.05, 0.1) is 12.8 Å². The van der Waals surface area contributed by atoms with Crippen LogP contribution in [0.1, 0.15) is 20.8 Å². The van der Waals surface area contributed by atoms with Gasteiger partial charge >= 0.3 is 0 Å². The SMILES string of the molecule is CC(C)(C)COc1ccc(N2CC(N)C2)nc1. The molecule has 1 aromatic rings. The molecule has 2 N–H and O–H groups in total. The van der Waals surface area contributed by atoms with Crippen LogP contribution in [-0.2, 0) is 0 Å². The van der Waals surface area contributed by atoms with E-state index in [-0.39, 0.29) is 5.41 Å². The second-order valence-corrected chi connectivity index (χ2v) is 5.87. The first-order chi connectivity index (χ1) is 7.94. The fourth-order valence-corrected chi connectivity index (χ4v) is 1.64. The van der Waals surface area contributed by atoms with Gasteiger partial charge in [-0.05, 0) is 17.5 Å². The quantitative estimate of drug-likeness (QED) is 0.865. The maximum Gasteiger partial charge on any atom is 0.137 e. The molecule has 1 aliphatic rings. The summed E-state index contributed by atoms with van der Waals surface area (Å²) in [5.41, 5.74) is 5.91. The number of rotatable bonds is 3. The van der Waals surface area contributed by atoms with E-state index in [9.17, 15) is 0 Å². The smallest absolute Gasteiger partial charge is 0.137 e. The molecular formula is C13H21N3O. The molecule has 0 saturated carbocycles. The topological polar surface area (TPSA) is 51.4 Å². The van der Waals surface area contributed by atoms with Crippen molar-refractivity contribution >= 4 is 5.82 Å². The van der Waals surface area contributed by atoms with E-state index < -0.39 is 0 Å². The number of nitrogens with two attached hydrogens (primary N) is 1. The standard InChI is InChI=1S/C13H21N3O/c1-13(2,3)9-17-11-4-5-12(15-6-11)16-7-10(14)8-16/h4-6,10H,7-9,14H2,1-3H3. The van der Waals surface area contributed by atoms with Gasteiger partial charge in [0.25, 0.3) is 0 Å². The van der Waals surface area contributed by atoms with Crippen molar-refractivity contribution in [2.24, 2.45) is 11.1 Å². The normalized spacial score (nSPS) is 16.8. The molecule has 0 aromatic carbocycles. The van der Waals surface area contributed by atoms with Crippen molar-refractivity contribution in [3.8, 4) is 5.75 Å². The summed E-state index contributed by atoms with van der Waals surface area (Å²) in [5.74, 6) is 1.81. The lowest BCUT2D eigenvalue weighted by Gasteiger charge is -2.37. The predicted molar refractivity (Wildman–Crippen MR) is 69.4 cm³/mol. The van der Waals surface area contributed by atoms with Crippen molar-refractivity contribution in [2.75, 3.05) is 24.6 Å². The number of hydrogen-bond donors (Lipinski definition) is 1. The van der Waals surface area contributed by atoms with E-state index in [0.717, 1.165) is 24.7 Å². The largest absolute Gasteiger partial charge is 0.491 e. The molecule has 2 rings (SSSR count). The average Bonchev–Trinajstić information content (AvgIpc) is 2.22. The van der Waals surface area contributed by atoms with Crippen LogP contribution >= 0.6 is 0 Å².